The molecule has 1 saturated heterocycles. The maximum absolute atomic E-state index is 13.1. The van der Waals surface area contributed by atoms with Gasteiger partial charge in [-0.25, -0.2) is 9.78 Å². The highest BCUT2D eigenvalue weighted by Gasteiger charge is 2.38. The summed E-state index contributed by atoms with van der Waals surface area (Å²) in [4.78, 5) is 69.6. The summed E-state index contributed by atoms with van der Waals surface area (Å²) in [5.41, 5.74) is 11.8. The Morgan fingerprint density at radius 3 is 2.56 bits per heavy atom. The van der Waals surface area contributed by atoms with Crippen molar-refractivity contribution >= 4 is 41.4 Å². The number of thioether (sulfide) groups is 1. The van der Waals surface area contributed by atoms with Gasteiger partial charge in [-0.3, -0.25) is 19.2 Å². The Morgan fingerprint density at radius 1 is 1.26 bits per heavy atom. The minimum absolute atomic E-state index is 0.122. The topological polar surface area (TPSA) is 214 Å². The van der Waals surface area contributed by atoms with Crippen LogP contribution in [0.15, 0.2) is 12.5 Å². The number of amides is 4. The fourth-order valence-corrected chi connectivity index (χ4v) is 4.14. The maximum Gasteiger partial charge on any atom is 0.326 e. The summed E-state index contributed by atoms with van der Waals surface area (Å²) >= 11 is 1.45. The number of aromatic nitrogens is 2. The molecule has 1 fully saturated rings. The number of rotatable bonds is 13. The molecule has 1 aliphatic rings. The van der Waals surface area contributed by atoms with Crippen LogP contribution in [0.25, 0.3) is 0 Å². The van der Waals surface area contributed by atoms with E-state index >= 15 is 0 Å². The summed E-state index contributed by atoms with van der Waals surface area (Å²) in [5.74, 6) is -3.41. The summed E-state index contributed by atoms with van der Waals surface area (Å²) in [6.45, 7) is 0.269. The van der Waals surface area contributed by atoms with Crippen molar-refractivity contribution in [2.45, 2.75) is 56.3 Å². The van der Waals surface area contributed by atoms with Gasteiger partial charge in [-0.1, -0.05) is 0 Å². The predicted octanol–water partition coefficient (Wildman–Crippen LogP) is -2.05. The van der Waals surface area contributed by atoms with Gasteiger partial charge >= 0.3 is 5.97 Å². The van der Waals surface area contributed by atoms with Crippen molar-refractivity contribution in [3.63, 3.8) is 0 Å². The quantitative estimate of drug-likeness (QED) is 0.177. The third-order valence-corrected chi connectivity index (χ3v) is 6.06. The largest absolute Gasteiger partial charge is 0.480 e. The van der Waals surface area contributed by atoms with Crippen molar-refractivity contribution in [2.75, 3.05) is 18.6 Å². The van der Waals surface area contributed by atoms with Crippen molar-refractivity contribution in [2.24, 2.45) is 11.5 Å². The Bertz CT molecular complexity index is 881. The standard InChI is InChI=1S/C20H31N7O6S/c1-34-6-4-13(19(31)27-5-2-3-15(27)20(32)33)25-18(30)14(8-16(22)28)26-17(29)12(21)7-11-9-23-10-24-11/h9-10,12-15H,2-8,21H2,1H3,(H2,22,28)(H,23,24)(H,25,30)(H,26,29)(H,32,33). The number of aromatic amines is 1. The van der Waals surface area contributed by atoms with E-state index in [1.807, 2.05) is 6.26 Å². The van der Waals surface area contributed by atoms with Crippen molar-refractivity contribution in [1.29, 1.82) is 0 Å². The van der Waals surface area contributed by atoms with Gasteiger partial charge in [0.1, 0.15) is 18.1 Å². The zero-order valence-electron chi connectivity index (χ0n) is 18.9. The molecule has 1 aromatic rings. The monoisotopic (exact) mass is 497 g/mol. The molecule has 14 heteroatoms. The molecule has 13 nitrogen and oxygen atoms in total. The van der Waals surface area contributed by atoms with Crippen molar-refractivity contribution in [1.82, 2.24) is 25.5 Å². The summed E-state index contributed by atoms with van der Waals surface area (Å²) in [7, 11) is 0. The number of imidazole rings is 1. The van der Waals surface area contributed by atoms with Crippen molar-refractivity contribution in [3.8, 4) is 0 Å². The Hall–Kier alpha value is -3.13. The first-order valence-corrected chi connectivity index (χ1v) is 12.2. The van der Waals surface area contributed by atoms with Gasteiger partial charge in [0.2, 0.25) is 23.6 Å². The van der Waals surface area contributed by atoms with E-state index in [2.05, 4.69) is 20.6 Å². The van der Waals surface area contributed by atoms with Crippen molar-refractivity contribution < 1.29 is 29.1 Å². The molecule has 34 heavy (non-hydrogen) atoms. The van der Waals surface area contributed by atoms with E-state index in [0.29, 0.717) is 24.3 Å². The number of hydrogen-bond donors (Lipinski definition) is 6. The molecule has 0 spiro atoms. The summed E-state index contributed by atoms with van der Waals surface area (Å²) in [6, 6.07) is -4.36. The van der Waals surface area contributed by atoms with Crippen LogP contribution >= 0.6 is 11.8 Å². The molecule has 2 heterocycles. The summed E-state index contributed by atoms with van der Waals surface area (Å²) in [6.07, 6.45) is 5.51. The second kappa shape index (κ2) is 12.9. The molecule has 4 amide bonds. The Labute approximate surface area is 200 Å². The first-order chi connectivity index (χ1) is 16.1. The van der Waals surface area contributed by atoms with Crippen LogP contribution in [0.5, 0.6) is 0 Å². The molecule has 2 rings (SSSR count). The maximum atomic E-state index is 13.1. The average Bonchev–Trinajstić information content (AvgIpc) is 3.47. The molecule has 0 bridgehead atoms. The number of carboxylic acids is 1. The highest BCUT2D eigenvalue weighted by molar-refractivity contribution is 7.98. The van der Waals surface area contributed by atoms with Gasteiger partial charge in [0.15, 0.2) is 0 Å². The Kier molecular flexibility index (Phi) is 10.3. The van der Waals surface area contributed by atoms with Gasteiger partial charge in [-0.2, -0.15) is 11.8 Å². The first-order valence-electron chi connectivity index (χ1n) is 10.8. The number of aliphatic carboxylic acids is 1. The van der Waals surface area contributed by atoms with Crippen LogP contribution in [0.4, 0.5) is 0 Å². The molecule has 188 valence electrons. The average molecular weight is 498 g/mol. The number of nitrogens with zero attached hydrogens (tertiary/aromatic N) is 2. The van der Waals surface area contributed by atoms with Gasteiger partial charge in [-0.05, 0) is 31.3 Å². The number of likely N-dealkylation sites (tertiary alicyclic amines) is 1. The van der Waals surface area contributed by atoms with Gasteiger partial charge in [-0.15, -0.1) is 0 Å². The Morgan fingerprint density at radius 2 is 1.97 bits per heavy atom. The normalized spacial score (nSPS) is 18.1. The number of hydrogen-bond acceptors (Lipinski definition) is 8. The number of nitrogens with one attached hydrogen (secondary N) is 3. The zero-order valence-corrected chi connectivity index (χ0v) is 19.7. The molecule has 0 aliphatic carbocycles. The van der Waals surface area contributed by atoms with Crippen LogP contribution in [0, 0.1) is 0 Å². The highest BCUT2D eigenvalue weighted by atomic mass is 32.2. The second-order valence-electron chi connectivity index (χ2n) is 7.99. The van der Waals surface area contributed by atoms with Crippen LogP contribution in [0.2, 0.25) is 0 Å². The van der Waals surface area contributed by atoms with E-state index in [9.17, 15) is 29.1 Å². The van der Waals surface area contributed by atoms with Gasteiger partial charge in [0.25, 0.3) is 0 Å². The van der Waals surface area contributed by atoms with Crippen LogP contribution in [-0.2, 0) is 30.4 Å². The van der Waals surface area contributed by atoms with E-state index < -0.39 is 60.2 Å². The number of nitrogens with two attached hydrogens (primary N) is 2. The lowest BCUT2D eigenvalue weighted by atomic mass is 10.1. The molecule has 4 atom stereocenters. The van der Waals surface area contributed by atoms with Gasteiger partial charge < -0.3 is 37.1 Å². The van der Waals surface area contributed by atoms with E-state index in [4.69, 9.17) is 11.5 Å². The molecular formula is C20H31N7O6S. The third kappa shape index (κ3) is 7.73. The van der Waals surface area contributed by atoms with Gasteiger partial charge in [0.05, 0.1) is 18.8 Å². The Balaban J connectivity index is 2.11. The van der Waals surface area contributed by atoms with E-state index in [0.717, 1.165) is 0 Å². The van der Waals surface area contributed by atoms with Gasteiger partial charge in [0, 0.05) is 24.9 Å². The van der Waals surface area contributed by atoms with Crippen LogP contribution in [-0.4, -0.2) is 92.3 Å². The van der Waals surface area contributed by atoms with Crippen LogP contribution in [0.1, 0.15) is 31.4 Å². The predicted molar refractivity (Wildman–Crippen MR) is 123 cm³/mol. The summed E-state index contributed by atoms with van der Waals surface area (Å²) < 4.78 is 0. The first kappa shape index (κ1) is 27.1. The highest BCUT2D eigenvalue weighted by Crippen LogP contribution is 2.19. The number of carboxylic acid groups (broad SMARTS) is 1. The molecular weight excluding hydrogens is 466 g/mol. The van der Waals surface area contributed by atoms with E-state index in [1.54, 1.807) is 0 Å². The third-order valence-electron chi connectivity index (χ3n) is 5.42. The SMILES string of the molecule is CSCCC(NC(=O)C(CC(N)=O)NC(=O)C(N)Cc1cnc[nH]1)C(=O)N1CCCC1C(=O)O. The van der Waals surface area contributed by atoms with Crippen LogP contribution < -0.4 is 22.1 Å². The molecule has 0 radical (unpaired) electrons. The number of carbonyl (C=O) groups is 5. The minimum Gasteiger partial charge on any atom is -0.480 e. The molecule has 1 aromatic heterocycles. The second-order valence-corrected chi connectivity index (χ2v) is 8.98. The molecule has 0 aromatic carbocycles. The molecule has 1 aliphatic heterocycles. The minimum atomic E-state index is -1.35. The number of primary amides is 1. The zero-order chi connectivity index (χ0) is 25.3. The van der Waals surface area contributed by atoms with Crippen molar-refractivity contribution in [3.05, 3.63) is 18.2 Å². The van der Waals surface area contributed by atoms with E-state index in [-0.39, 0.29) is 19.4 Å². The summed E-state index contributed by atoms with van der Waals surface area (Å²) in [5, 5.41) is 14.4. The number of H-pyrrole nitrogens is 1. The van der Waals surface area contributed by atoms with E-state index in [1.165, 1.54) is 29.2 Å². The molecule has 8 N–H and O–H groups in total. The number of carbonyl (C=O) groups excluding carboxylic acids is 4. The lowest BCUT2D eigenvalue weighted by Gasteiger charge is -2.28. The van der Waals surface area contributed by atoms with Crippen LogP contribution in [0.3, 0.4) is 0 Å². The lowest BCUT2D eigenvalue weighted by Crippen LogP contribution is -2.58. The fourth-order valence-electron chi connectivity index (χ4n) is 3.67. The smallest absolute Gasteiger partial charge is 0.326 e. The lowest BCUT2D eigenvalue weighted by molar-refractivity contribution is -0.149. The molecule has 4 unspecified atom stereocenters. The fraction of sp³-hybridized carbons (Fsp3) is 0.600. The molecule has 0 saturated carbocycles.